The second-order valence-electron chi connectivity index (χ2n) is 3.92. The van der Waals surface area contributed by atoms with E-state index in [0.717, 1.165) is 32.5 Å². The molecule has 1 aliphatic rings. The lowest BCUT2D eigenvalue weighted by molar-refractivity contribution is 0.0928. The minimum absolute atomic E-state index is 0.0992. The molecule has 4 heteroatoms. The van der Waals surface area contributed by atoms with E-state index in [1.807, 2.05) is 14.1 Å². The van der Waals surface area contributed by atoms with Crippen molar-refractivity contribution in [3.63, 3.8) is 0 Å². The minimum atomic E-state index is -0.141. The third kappa shape index (κ3) is 3.62. The zero-order chi connectivity index (χ0) is 10.4. The Balaban J connectivity index is 2.21. The first-order valence-corrected chi connectivity index (χ1v) is 5.13. The Morgan fingerprint density at radius 3 is 2.93 bits per heavy atom. The molecule has 0 radical (unpaired) electrons. The van der Waals surface area contributed by atoms with Crippen molar-refractivity contribution < 1.29 is 4.74 Å². The Bertz CT molecular complexity index is 194. The van der Waals surface area contributed by atoms with Crippen LogP contribution in [0.25, 0.3) is 0 Å². The van der Waals surface area contributed by atoms with Gasteiger partial charge in [0.1, 0.15) is 6.04 Å². The topological polar surface area (TPSA) is 48.3 Å². The molecule has 14 heavy (non-hydrogen) atoms. The predicted octanol–water partition coefficient (Wildman–Crippen LogP) is 0.209. The normalized spacial score (nSPS) is 23.7. The van der Waals surface area contributed by atoms with Crippen LogP contribution in [-0.4, -0.2) is 50.8 Å². The first-order valence-electron chi connectivity index (χ1n) is 5.13. The standard InChI is InChI=1S/C10H19N3O/c1-13(2)6-5-12-9(8-11)10-4-3-7-14-10/h9-10,12H,3-7H2,1-2H3. The first kappa shape index (κ1) is 11.4. The van der Waals surface area contributed by atoms with Gasteiger partial charge in [-0.1, -0.05) is 0 Å². The summed E-state index contributed by atoms with van der Waals surface area (Å²) in [5, 5.41) is 12.2. The minimum Gasteiger partial charge on any atom is -0.375 e. The van der Waals surface area contributed by atoms with Gasteiger partial charge in [0.15, 0.2) is 0 Å². The van der Waals surface area contributed by atoms with E-state index in [-0.39, 0.29) is 12.1 Å². The summed E-state index contributed by atoms with van der Waals surface area (Å²) >= 11 is 0. The average Bonchev–Trinajstić information content (AvgIpc) is 2.64. The summed E-state index contributed by atoms with van der Waals surface area (Å²) in [5.74, 6) is 0. The summed E-state index contributed by atoms with van der Waals surface area (Å²) in [5.41, 5.74) is 0. The first-order chi connectivity index (χ1) is 6.74. The van der Waals surface area contributed by atoms with Gasteiger partial charge in [-0.15, -0.1) is 0 Å². The van der Waals surface area contributed by atoms with Crippen LogP contribution < -0.4 is 5.32 Å². The van der Waals surface area contributed by atoms with Crippen LogP contribution in [0.2, 0.25) is 0 Å². The van der Waals surface area contributed by atoms with Gasteiger partial charge in [0.05, 0.1) is 12.2 Å². The number of hydrogen-bond acceptors (Lipinski definition) is 4. The summed E-state index contributed by atoms with van der Waals surface area (Å²) < 4.78 is 5.46. The summed E-state index contributed by atoms with van der Waals surface area (Å²) in [4.78, 5) is 2.09. The molecule has 0 amide bonds. The number of hydrogen-bond donors (Lipinski definition) is 1. The van der Waals surface area contributed by atoms with Gasteiger partial charge in [0, 0.05) is 19.7 Å². The lowest BCUT2D eigenvalue weighted by Crippen LogP contribution is -2.41. The molecule has 1 fully saturated rings. The monoisotopic (exact) mass is 197 g/mol. The van der Waals surface area contributed by atoms with Gasteiger partial charge < -0.3 is 9.64 Å². The molecule has 1 rings (SSSR count). The SMILES string of the molecule is CN(C)CCNC(C#N)C1CCCO1. The predicted molar refractivity (Wildman–Crippen MR) is 54.9 cm³/mol. The average molecular weight is 197 g/mol. The fourth-order valence-electron chi connectivity index (χ4n) is 1.57. The number of ether oxygens (including phenoxy) is 1. The maximum atomic E-state index is 8.95. The van der Waals surface area contributed by atoms with Crippen LogP contribution >= 0.6 is 0 Å². The molecule has 0 aromatic rings. The second-order valence-corrected chi connectivity index (χ2v) is 3.92. The molecular weight excluding hydrogens is 178 g/mol. The highest BCUT2D eigenvalue weighted by Gasteiger charge is 2.24. The van der Waals surface area contributed by atoms with Crippen molar-refractivity contribution in [3.8, 4) is 6.07 Å². The Labute approximate surface area is 85.8 Å². The molecule has 1 heterocycles. The largest absolute Gasteiger partial charge is 0.375 e. The van der Waals surface area contributed by atoms with Gasteiger partial charge in [0.2, 0.25) is 0 Å². The Hall–Kier alpha value is -0.630. The molecule has 2 atom stereocenters. The molecule has 0 bridgehead atoms. The third-order valence-corrected chi connectivity index (χ3v) is 2.40. The summed E-state index contributed by atoms with van der Waals surface area (Å²) in [7, 11) is 4.05. The van der Waals surface area contributed by atoms with Crippen LogP contribution in [-0.2, 0) is 4.74 Å². The van der Waals surface area contributed by atoms with Crippen LogP contribution in [0, 0.1) is 11.3 Å². The maximum absolute atomic E-state index is 8.95. The van der Waals surface area contributed by atoms with E-state index in [4.69, 9.17) is 10.00 Å². The van der Waals surface area contributed by atoms with E-state index in [9.17, 15) is 0 Å². The Morgan fingerprint density at radius 2 is 2.43 bits per heavy atom. The van der Waals surface area contributed by atoms with E-state index >= 15 is 0 Å². The second kappa shape index (κ2) is 5.97. The third-order valence-electron chi connectivity index (χ3n) is 2.40. The number of nitrogens with one attached hydrogen (secondary N) is 1. The Kier molecular flexibility index (Phi) is 4.88. The number of likely N-dealkylation sites (N-methyl/N-ethyl adjacent to an activating group) is 1. The summed E-state index contributed by atoms with van der Waals surface area (Å²) in [6, 6.07) is 2.12. The molecule has 2 unspecified atom stereocenters. The van der Waals surface area contributed by atoms with Crippen LogP contribution in [0.1, 0.15) is 12.8 Å². The van der Waals surface area contributed by atoms with Gasteiger partial charge in [-0.3, -0.25) is 5.32 Å². The fraction of sp³-hybridized carbons (Fsp3) is 0.900. The Morgan fingerprint density at radius 1 is 1.64 bits per heavy atom. The van der Waals surface area contributed by atoms with Crippen molar-refractivity contribution in [2.75, 3.05) is 33.8 Å². The lowest BCUT2D eigenvalue weighted by Gasteiger charge is -2.18. The van der Waals surface area contributed by atoms with Gasteiger partial charge in [-0.25, -0.2) is 0 Å². The van der Waals surface area contributed by atoms with Gasteiger partial charge >= 0.3 is 0 Å². The number of nitrogens with zero attached hydrogens (tertiary/aromatic N) is 2. The van der Waals surface area contributed by atoms with E-state index in [2.05, 4.69) is 16.3 Å². The number of nitriles is 1. The molecule has 1 N–H and O–H groups in total. The smallest absolute Gasteiger partial charge is 0.122 e. The maximum Gasteiger partial charge on any atom is 0.122 e. The highest BCUT2D eigenvalue weighted by molar-refractivity contribution is 4.97. The highest BCUT2D eigenvalue weighted by atomic mass is 16.5. The molecule has 0 spiro atoms. The molecule has 0 aromatic carbocycles. The van der Waals surface area contributed by atoms with E-state index in [1.54, 1.807) is 0 Å². The molecule has 0 saturated carbocycles. The van der Waals surface area contributed by atoms with E-state index in [1.165, 1.54) is 0 Å². The van der Waals surface area contributed by atoms with Crippen molar-refractivity contribution in [2.45, 2.75) is 25.0 Å². The van der Waals surface area contributed by atoms with Crippen LogP contribution in [0.5, 0.6) is 0 Å². The quantitative estimate of drug-likeness (QED) is 0.684. The van der Waals surface area contributed by atoms with Crippen molar-refractivity contribution in [2.24, 2.45) is 0 Å². The van der Waals surface area contributed by atoms with Crippen LogP contribution in [0.3, 0.4) is 0 Å². The molecule has 0 aliphatic carbocycles. The molecule has 80 valence electrons. The zero-order valence-electron chi connectivity index (χ0n) is 8.99. The van der Waals surface area contributed by atoms with Gasteiger partial charge in [-0.2, -0.15) is 5.26 Å². The lowest BCUT2D eigenvalue weighted by atomic mass is 10.1. The van der Waals surface area contributed by atoms with E-state index < -0.39 is 0 Å². The van der Waals surface area contributed by atoms with Crippen LogP contribution in [0.15, 0.2) is 0 Å². The summed E-state index contributed by atoms with van der Waals surface area (Å²) in [6.45, 7) is 2.59. The van der Waals surface area contributed by atoms with Crippen molar-refractivity contribution in [1.29, 1.82) is 5.26 Å². The van der Waals surface area contributed by atoms with E-state index in [0.29, 0.717) is 0 Å². The van der Waals surface area contributed by atoms with Gasteiger partial charge in [-0.05, 0) is 26.9 Å². The summed E-state index contributed by atoms with van der Waals surface area (Å²) in [6.07, 6.45) is 2.19. The van der Waals surface area contributed by atoms with Crippen molar-refractivity contribution in [1.82, 2.24) is 10.2 Å². The molecular formula is C10H19N3O. The van der Waals surface area contributed by atoms with Crippen molar-refractivity contribution in [3.05, 3.63) is 0 Å². The highest BCUT2D eigenvalue weighted by Crippen LogP contribution is 2.14. The fourth-order valence-corrected chi connectivity index (χ4v) is 1.57. The molecule has 1 aliphatic heterocycles. The van der Waals surface area contributed by atoms with Gasteiger partial charge in [0.25, 0.3) is 0 Å². The molecule has 4 nitrogen and oxygen atoms in total. The number of rotatable bonds is 5. The van der Waals surface area contributed by atoms with Crippen molar-refractivity contribution >= 4 is 0 Å². The van der Waals surface area contributed by atoms with Crippen LogP contribution in [0.4, 0.5) is 0 Å². The zero-order valence-corrected chi connectivity index (χ0v) is 8.99. The molecule has 1 saturated heterocycles. The molecule has 0 aromatic heterocycles.